The predicted octanol–water partition coefficient (Wildman–Crippen LogP) is 6.57. The summed E-state index contributed by atoms with van der Waals surface area (Å²) in [5, 5.41) is 0. The van der Waals surface area contributed by atoms with Crippen molar-refractivity contribution in [2.45, 2.75) is 46.8 Å². The van der Waals surface area contributed by atoms with E-state index in [1.165, 1.54) is 16.7 Å². The molecule has 0 spiro atoms. The van der Waals surface area contributed by atoms with Gasteiger partial charge in [0.05, 0.1) is 17.6 Å². The predicted molar refractivity (Wildman–Crippen MR) is 126 cm³/mol. The molecule has 1 atom stereocenters. The molecule has 1 aromatic heterocycles. The molecule has 1 heterocycles. The smallest absolute Gasteiger partial charge is 0.153 e. The van der Waals surface area contributed by atoms with Crippen molar-refractivity contribution in [3.63, 3.8) is 0 Å². The Morgan fingerprint density at radius 2 is 1.71 bits per heavy atom. The fourth-order valence-electron chi connectivity index (χ4n) is 3.95. The number of ether oxygens (including phenoxy) is 2. The van der Waals surface area contributed by atoms with Crippen molar-refractivity contribution < 1.29 is 9.47 Å². The molecule has 4 nitrogen and oxygen atoms in total. The fraction of sp³-hybridized carbons (Fsp3) is 0.296. The largest absolute Gasteiger partial charge is 0.493 e. The minimum Gasteiger partial charge on any atom is -0.493 e. The van der Waals surface area contributed by atoms with Gasteiger partial charge in [-0.2, -0.15) is 0 Å². The monoisotopic (exact) mass is 414 g/mol. The van der Waals surface area contributed by atoms with Crippen LogP contribution in [0.1, 0.15) is 42.0 Å². The third-order valence-electron chi connectivity index (χ3n) is 5.46. The lowest BCUT2D eigenvalue weighted by Gasteiger charge is -2.17. The van der Waals surface area contributed by atoms with Crippen LogP contribution in [0.3, 0.4) is 0 Å². The fourth-order valence-corrected chi connectivity index (χ4v) is 3.95. The van der Waals surface area contributed by atoms with Crippen LogP contribution < -0.4 is 9.47 Å². The maximum absolute atomic E-state index is 6.24. The Labute approximate surface area is 184 Å². The first-order valence-corrected chi connectivity index (χ1v) is 10.9. The van der Waals surface area contributed by atoms with Gasteiger partial charge in [0.2, 0.25) is 0 Å². The van der Waals surface area contributed by atoms with Crippen LogP contribution in [0.4, 0.5) is 0 Å². The second kappa shape index (κ2) is 9.25. The number of rotatable bonds is 8. The lowest BCUT2D eigenvalue weighted by molar-refractivity contribution is 0.209. The van der Waals surface area contributed by atoms with E-state index in [1.807, 2.05) is 18.2 Å². The molecule has 0 bridgehead atoms. The zero-order chi connectivity index (χ0) is 21.8. The minimum absolute atomic E-state index is 0.158. The van der Waals surface area contributed by atoms with Gasteiger partial charge in [-0.15, -0.1) is 0 Å². The molecule has 4 heteroatoms. The summed E-state index contributed by atoms with van der Waals surface area (Å²) >= 11 is 0. The van der Waals surface area contributed by atoms with Gasteiger partial charge in [-0.05, 0) is 75.6 Å². The number of hydrogen-bond donors (Lipinski definition) is 0. The van der Waals surface area contributed by atoms with Crippen molar-refractivity contribution >= 4 is 11.0 Å². The van der Waals surface area contributed by atoms with Crippen molar-refractivity contribution in [1.29, 1.82) is 0 Å². The molecule has 31 heavy (non-hydrogen) atoms. The van der Waals surface area contributed by atoms with E-state index in [0.29, 0.717) is 6.61 Å². The van der Waals surface area contributed by atoms with Gasteiger partial charge in [-0.1, -0.05) is 42.0 Å². The molecule has 0 saturated heterocycles. The van der Waals surface area contributed by atoms with E-state index in [4.69, 9.17) is 14.5 Å². The van der Waals surface area contributed by atoms with Crippen LogP contribution in [-0.4, -0.2) is 16.2 Å². The zero-order valence-corrected chi connectivity index (χ0v) is 18.8. The van der Waals surface area contributed by atoms with Gasteiger partial charge >= 0.3 is 0 Å². The first-order valence-electron chi connectivity index (χ1n) is 10.9. The number of hydrogen-bond acceptors (Lipinski definition) is 3. The summed E-state index contributed by atoms with van der Waals surface area (Å²) in [5.74, 6) is 2.76. The van der Waals surface area contributed by atoms with Crippen molar-refractivity contribution in [2.75, 3.05) is 6.61 Å². The Morgan fingerprint density at radius 3 is 2.52 bits per heavy atom. The second-order valence-electron chi connectivity index (χ2n) is 8.16. The van der Waals surface area contributed by atoms with Gasteiger partial charge in [-0.25, -0.2) is 4.98 Å². The summed E-state index contributed by atoms with van der Waals surface area (Å²) < 4.78 is 14.6. The zero-order valence-electron chi connectivity index (χ0n) is 18.8. The van der Waals surface area contributed by atoms with E-state index < -0.39 is 0 Å². The van der Waals surface area contributed by atoms with E-state index in [2.05, 4.69) is 80.8 Å². The van der Waals surface area contributed by atoms with Gasteiger partial charge < -0.3 is 14.0 Å². The molecule has 160 valence electrons. The van der Waals surface area contributed by atoms with Crippen molar-refractivity contribution in [1.82, 2.24) is 9.55 Å². The average molecular weight is 415 g/mol. The van der Waals surface area contributed by atoms with Gasteiger partial charge in [0.1, 0.15) is 11.5 Å². The summed E-state index contributed by atoms with van der Waals surface area (Å²) in [6, 6.07) is 22.7. The summed E-state index contributed by atoms with van der Waals surface area (Å²) in [6.07, 6.45) is 0.729. The topological polar surface area (TPSA) is 36.3 Å². The van der Waals surface area contributed by atoms with Crippen LogP contribution in [0, 0.1) is 20.8 Å². The van der Waals surface area contributed by atoms with E-state index >= 15 is 0 Å². The molecular formula is C27H30N2O2. The van der Waals surface area contributed by atoms with E-state index in [1.54, 1.807) is 0 Å². The van der Waals surface area contributed by atoms with Crippen LogP contribution in [-0.2, 0) is 6.54 Å². The van der Waals surface area contributed by atoms with E-state index in [9.17, 15) is 0 Å². The van der Waals surface area contributed by atoms with Gasteiger partial charge in [0.25, 0.3) is 0 Å². The molecule has 0 amide bonds. The first-order chi connectivity index (χ1) is 15.0. The molecule has 4 rings (SSSR count). The SMILES string of the molecule is Cc1cccc(OC(C)c2nc3ccccc3n2CCCOc2ccc(C)cc2C)c1. The molecule has 0 aliphatic rings. The third kappa shape index (κ3) is 4.91. The Bertz CT molecular complexity index is 1180. The molecule has 0 aliphatic heterocycles. The third-order valence-corrected chi connectivity index (χ3v) is 5.46. The molecule has 0 fully saturated rings. The van der Waals surface area contributed by atoms with Crippen molar-refractivity contribution in [3.05, 3.63) is 89.2 Å². The van der Waals surface area contributed by atoms with Crippen LogP contribution in [0.15, 0.2) is 66.7 Å². The van der Waals surface area contributed by atoms with Gasteiger partial charge in [0.15, 0.2) is 11.9 Å². The highest BCUT2D eigenvalue weighted by Gasteiger charge is 2.18. The lowest BCUT2D eigenvalue weighted by atomic mass is 10.1. The van der Waals surface area contributed by atoms with Crippen LogP contribution in [0.25, 0.3) is 11.0 Å². The number of fused-ring (bicyclic) bond motifs is 1. The number of imidazole rings is 1. The molecule has 0 aliphatic carbocycles. The Morgan fingerprint density at radius 1 is 0.903 bits per heavy atom. The molecule has 0 saturated carbocycles. The van der Waals surface area contributed by atoms with E-state index in [-0.39, 0.29) is 6.10 Å². The number of aryl methyl sites for hydroxylation is 4. The number of aromatic nitrogens is 2. The Balaban J connectivity index is 1.49. The lowest BCUT2D eigenvalue weighted by Crippen LogP contribution is -2.13. The molecule has 4 aromatic rings. The summed E-state index contributed by atoms with van der Waals surface area (Å²) in [6.45, 7) is 9.80. The number of benzene rings is 3. The maximum atomic E-state index is 6.24. The quantitative estimate of drug-likeness (QED) is 0.306. The van der Waals surface area contributed by atoms with Gasteiger partial charge in [0, 0.05) is 6.54 Å². The summed E-state index contributed by atoms with van der Waals surface area (Å²) in [7, 11) is 0. The molecule has 0 N–H and O–H groups in total. The standard InChI is InChI=1S/C27H30N2O2/c1-19-9-7-10-23(18-19)31-22(4)27-28-24-11-5-6-12-25(24)29(27)15-8-16-30-26-14-13-20(2)17-21(26)3/h5-7,9-14,17-18,22H,8,15-16H2,1-4H3. The maximum Gasteiger partial charge on any atom is 0.153 e. The summed E-state index contributed by atoms with van der Waals surface area (Å²) in [5.41, 5.74) is 5.73. The normalized spacial score (nSPS) is 12.1. The van der Waals surface area contributed by atoms with Crippen LogP contribution in [0.2, 0.25) is 0 Å². The van der Waals surface area contributed by atoms with Crippen LogP contribution >= 0.6 is 0 Å². The Hall–Kier alpha value is -3.27. The first kappa shape index (κ1) is 21.0. The van der Waals surface area contributed by atoms with E-state index in [0.717, 1.165) is 41.3 Å². The Kier molecular flexibility index (Phi) is 6.26. The minimum atomic E-state index is -0.158. The number of para-hydroxylation sites is 2. The van der Waals surface area contributed by atoms with Gasteiger partial charge in [-0.3, -0.25) is 0 Å². The molecule has 0 radical (unpaired) electrons. The number of nitrogens with zero attached hydrogens (tertiary/aromatic N) is 2. The molecule has 1 unspecified atom stereocenters. The second-order valence-corrected chi connectivity index (χ2v) is 8.16. The van der Waals surface area contributed by atoms with Crippen LogP contribution in [0.5, 0.6) is 11.5 Å². The van der Waals surface area contributed by atoms with Crippen molar-refractivity contribution in [3.8, 4) is 11.5 Å². The van der Waals surface area contributed by atoms with Crippen molar-refractivity contribution in [2.24, 2.45) is 0 Å². The highest BCUT2D eigenvalue weighted by atomic mass is 16.5. The highest BCUT2D eigenvalue weighted by molar-refractivity contribution is 5.76. The highest BCUT2D eigenvalue weighted by Crippen LogP contribution is 2.26. The molecule has 3 aromatic carbocycles. The summed E-state index contributed by atoms with van der Waals surface area (Å²) in [4.78, 5) is 4.89. The molecular weight excluding hydrogens is 384 g/mol. The average Bonchev–Trinajstić information content (AvgIpc) is 3.11.